The van der Waals surface area contributed by atoms with E-state index in [1.54, 1.807) is 0 Å². The number of carbonyl (C=O) groups is 1. The number of hydrogen-bond acceptors (Lipinski definition) is 2. The third kappa shape index (κ3) is 3.37. The largest absolute Gasteiger partial charge is 0.391 e. The van der Waals surface area contributed by atoms with Crippen molar-refractivity contribution in [3.05, 3.63) is 0 Å². The molecular formula is C12H19F3N2O. The summed E-state index contributed by atoms with van der Waals surface area (Å²) in [5.74, 6) is -1.17. The molecule has 2 fully saturated rings. The third-order valence-corrected chi connectivity index (χ3v) is 3.91. The van der Waals surface area contributed by atoms with Gasteiger partial charge >= 0.3 is 6.18 Å². The lowest BCUT2D eigenvalue weighted by atomic mass is 9.85. The van der Waals surface area contributed by atoms with Gasteiger partial charge in [-0.2, -0.15) is 13.2 Å². The van der Waals surface area contributed by atoms with Crippen LogP contribution in [-0.2, 0) is 4.79 Å². The van der Waals surface area contributed by atoms with Crippen molar-refractivity contribution in [1.82, 2.24) is 10.6 Å². The summed E-state index contributed by atoms with van der Waals surface area (Å²) in [5.41, 5.74) is 0. The zero-order valence-electron chi connectivity index (χ0n) is 10.2. The van der Waals surface area contributed by atoms with Gasteiger partial charge in [-0.05, 0) is 38.5 Å². The Hall–Kier alpha value is -0.780. The van der Waals surface area contributed by atoms with Crippen LogP contribution in [0.5, 0.6) is 0 Å². The van der Waals surface area contributed by atoms with Crippen molar-refractivity contribution < 1.29 is 18.0 Å². The zero-order chi connectivity index (χ0) is 13.2. The van der Waals surface area contributed by atoms with Crippen molar-refractivity contribution in [2.75, 3.05) is 6.54 Å². The molecule has 104 valence electrons. The van der Waals surface area contributed by atoms with Gasteiger partial charge in [0.15, 0.2) is 0 Å². The number of carbonyl (C=O) groups excluding carboxylic acids is 1. The molecule has 1 aliphatic heterocycles. The molecule has 0 aromatic heterocycles. The van der Waals surface area contributed by atoms with Crippen molar-refractivity contribution in [3.63, 3.8) is 0 Å². The monoisotopic (exact) mass is 264 g/mol. The molecule has 2 N–H and O–H groups in total. The van der Waals surface area contributed by atoms with E-state index in [9.17, 15) is 18.0 Å². The van der Waals surface area contributed by atoms with Crippen LogP contribution in [0.2, 0.25) is 0 Å². The average molecular weight is 264 g/mol. The fraction of sp³-hybridized carbons (Fsp3) is 0.917. The summed E-state index contributed by atoms with van der Waals surface area (Å²) in [6.07, 6.45) is -0.980. The van der Waals surface area contributed by atoms with Gasteiger partial charge in [-0.25, -0.2) is 0 Å². The molecule has 0 spiro atoms. The Kier molecular flexibility index (Phi) is 4.14. The Bertz CT molecular complexity index is 298. The van der Waals surface area contributed by atoms with Crippen LogP contribution in [0.1, 0.15) is 38.5 Å². The van der Waals surface area contributed by atoms with Crippen LogP contribution >= 0.6 is 0 Å². The van der Waals surface area contributed by atoms with Crippen molar-refractivity contribution >= 4 is 5.91 Å². The Balaban J connectivity index is 1.78. The number of piperidine rings is 1. The summed E-state index contributed by atoms with van der Waals surface area (Å²) in [7, 11) is 0. The first-order valence-electron chi connectivity index (χ1n) is 6.57. The standard InChI is InChI=1S/C12H19F3N2O/c13-12(14,15)8-3-5-9(6-4-8)17-10-2-1-7-16-11(10)18/h8-10,17H,1-7H2,(H,16,18). The van der Waals surface area contributed by atoms with Crippen LogP contribution in [0.3, 0.4) is 0 Å². The van der Waals surface area contributed by atoms with Crippen molar-refractivity contribution in [1.29, 1.82) is 0 Å². The third-order valence-electron chi connectivity index (χ3n) is 3.91. The van der Waals surface area contributed by atoms with Gasteiger partial charge in [-0.15, -0.1) is 0 Å². The molecule has 1 amide bonds. The number of nitrogens with one attached hydrogen (secondary N) is 2. The van der Waals surface area contributed by atoms with E-state index in [4.69, 9.17) is 0 Å². The quantitative estimate of drug-likeness (QED) is 0.800. The minimum Gasteiger partial charge on any atom is -0.355 e. The smallest absolute Gasteiger partial charge is 0.355 e. The predicted octanol–water partition coefficient (Wildman–Crippen LogP) is 1.98. The highest BCUT2D eigenvalue weighted by Gasteiger charge is 2.41. The number of alkyl halides is 3. The van der Waals surface area contributed by atoms with Crippen molar-refractivity contribution in [2.24, 2.45) is 5.92 Å². The molecule has 1 heterocycles. The molecule has 2 rings (SSSR count). The molecule has 0 bridgehead atoms. The summed E-state index contributed by atoms with van der Waals surface area (Å²) >= 11 is 0. The Morgan fingerprint density at radius 2 is 1.78 bits per heavy atom. The maximum atomic E-state index is 12.5. The van der Waals surface area contributed by atoms with Crippen LogP contribution in [0, 0.1) is 5.92 Å². The Morgan fingerprint density at radius 1 is 1.11 bits per heavy atom. The predicted molar refractivity (Wildman–Crippen MR) is 61.0 cm³/mol. The molecule has 1 unspecified atom stereocenters. The zero-order valence-corrected chi connectivity index (χ0v) is 10.2. The second-order valence-electron chi connectivity index (χ2n) is 5.24. The minimum atomic E-state index is -4.06. The van der Waals surface area contributed by atoms with Gasteiger partial charge in [0.2, 0.25) is 5.91 Å². The summed E-state index contributed by atoms with van der Waals surface area (Å²) in [5, 5.41) is 5.97. The minimum absolute atomic E-state index is 0.0146. The summed E-state index contributed by atoms with van der Waals surface area (Å²) in [6.45, 7) is 0.706. The van der Waals surface area contributed by atoms with E-state index in [1.807, 2.05) is 0 Å². The summed E-state index contributed by atoms with van der Waals surface area (Å²) in [6, 6.07) is -0.163. The van der Waals surface area contributed by atoms with Crippen LogP contribution < -0.4 is 10.6 Å². The van der Waals surface area contributed by atoms with E-state index in [-0.39, 0.29) is 30.8 Å². The lowest BCUT2D eigenvalue weighted by Crippen LogP contribution is -2.52. The first-order chi connectivity index (χ1) is 8.47. The Morgan fingerprint density at radius 3 is 2.33 bits per heavy atom. The molecule has 6 heteroatoms. The number of rotatable bonds is 2. The van der Waals surface area contributed by atoms with Gasteiger partial charge < -0.3 is 10.6 Å². The number of amides is 1. The molecule has 1 aliphatic carbocycles. The lowest BCUT2D eigenvalue weighted by Gasteiger charge is -2.33. The fourth-order valence-corrected chi connectivity index (χ4v) is 2.80. The molecule has 3 nitrogen and oxygen atoms in total. The molecule has 0 radical (unpaired) electrons. The molecular weight excluding hydrogens is 245 g/mol. The van der Waals surface area contributed by atoms with E-state index in [0.29, 0.717) is 19.4 Å². The second kappa shape index (κ2) is 5.47. The highest BCUT2D eigenvalue weighted by atomic mass is 19.4. The molecule has 1 saturated heterocycles. The van der Waals surface area contributed by atoms with E-state index >= 15 is 0 Å². The molecule has 2 aliphatic rings. The van der Waals surface area contributed by atoms with Gasteiger partial charge in [0.05, 0.1) is 12.0 Å². The Labute approximate surface area is 104 Å². The van der Waals surface area contributed by atoms with Gasteiger partial charge in [-0.1, -0.05) is 0 Å². The maximum Gasteiger partial charge on any atom is 0.391 e. The van der Waals surface area contributed by atoms with Crippen LogP contribution in [0.15, 0.2) is 0 Å². The number of hydrogen-bond donors (Lipinski definition) is 2. The van der Waals surface area contributed by atoms with Gasteiger partial charge in [-0.3, -0.25) is 4.79 Å². The van der Waals surface area contributed by atoms with Crippen LogP contribution in [-0.4, -0.2) is 30.7 Å². The molecule has 1 saturated carbocycles. The number of halogens is 3. The maximum absolute atomic E-state index is 12.5. The first-order valence-corrected chi connectivity index (χ1v) is 6.57. The molecule has 0 aromatic rings. The molecule has 18 heavy (non-hydrogen) atoms. The fourth-order valence-electron chi connectivity index (χ4n) is 2.80. The van der Waals surface area contributed by atoms with Gasteiger partial charge in [0.25, 0.3) is 0 Å². The van der Waals surface area contributed by atoms with Gasteiger partial charge in [0, 0.05) is 12.6 Å². The summed E-state index contributed by atoms with van der Waals surface area (Å²) in [4.78, 5) is 11.5. The van der Waals surface area contributed by atoms with E-state index in [0.717, 1.165) is 12.8 Å². The SMILES string of the molecule is O=C1NCCCC1NC1CCC(C(F)(F)F)CC1. The van der Waals surface area contributed by atoms with Gasteiger partial charge in [0.1, 0.15) is 0 Å². The average Bonchev–Trinajstić information content (AvgIpc) is 2.32. The van der Waals surface area contributed by atoms with E-state index in [1.165, 1.54) is 0 Å². The first kappa shape index (κ1) is 13.6. The molecule has 1 atom stereocenters. The lowest BCUT2D eigenvalue weighted by molar-refractivity contribution is -0.183. The van der Waals surface area contributed by atoms with Crippen LogP contribution in [0.25, 0.3) is 0 Å². The van der Waals surface area contributed by atoms with Crippen molar-refractivity contribution in [2.45, 2.75) is 56.8 Å². The van der Waals surface area contributed by atoms with E-state index in [2.05, 4.69) is 10.6 Å². The highest BCUT2D eigenvalue weighted by Crippen LogP contribution is 2.37. The second-order valence-corrected chi connectivity index (χ2v) is 5.24. The van der Waals surface area contributed by atoms with Crippen LogP contribution in [0.4, 0.5) is 13.2 Å². The van der Waals surface area contributed by atoms with E-state index < -0.39 is 12.1 Å². The van der Waals surface area contributed by atoms with Crippen molar-refractivity contribution in [3.8, 4) is 0 Å². The summed E-state index contributed by atoms with van der Waals surface area (Å²) < 4.78 is 37.5. The highest BCUT2D eigenvalue weighted by molar-refractivity contribution is 5.82. The normalized spacial score (nSPS) is 34.2. The topological polar surface area (TPSA) is 41.1 Å². The molecule has 0 aromatic carbocycles.